The largest absolute Gasteiger partial charge is 0.380 e. The van der Waals surface area contributed by atoms with Gasteiger partial charge in [0.25, 0.3) is 5.00 Å². The first-order valence-electron chi connectivity index (χ1n) is 9.97. The molecule has 0 spiro atoms. The van der Waals surface area contributed by atoms with Gasteiger partial charge in [-0.3, -0.25) is 5.43 Å². The lowest BCUT2D eigenvalue weighted by Crippen LogP contribution is -2.40. The third-order valence-electron chi connectivity index (χ3n) is 4.06. The van der Waals surface area contributed by atoms with Crippen molar-refractivity contribution in [3.63, 3.8) is 0 Å². The molecular formula is C19H33N5O2S. The molecule has 1 aromatic heterocycles. The molecule has 0 aromatic carbocycles. The number of anilines is 1. The van der Waals surface area contributed by atoms with E-state index in [4.69, 9.17) is 11.3 Å². The lowest BCUT2D eigenvalue weighted by Gasteiger charge is -2.08. The van der Waals surface area contributed by atoms with Crippen molar-refractivity contribution < 1.29 is 9.53 Å². The Labute approximate surface area is 167 Å². The van der Waals surface area contributed by atoms with Gasteiger partial charge < -0.3 is 10.1 Å². The Morgan fingerprint density at radius 1 is 1.11 bits per heavy atom. The Morgan fingerprint density at radius 2 is 1.78 bits per heavy atom. The monoisotopic (exact) mass is 395 g/mol. The maximum Gasteiger partial charge on any atom is 0.333 e. The number of thiazole rings is 1. The zero-order chi connectivity index (χ0) is 19.6. The van der Waals surface area contributed by atoms with E-state index < -0.39 is 0 Å². The van der Waals surface area contributed by atoms with E-state index >= 15 is 0 Å². The Balaban J connectivity index is 1.82. The molecule has 1 aromatic rings. The van der Waals surface area contributed by atoms with E-state index in [0.29, 0.717) is 23.3 Å². The first-order chi connectivity index (χ1) is 13.3. The van der Waals surface area contributed by atoms with Crippen molar-refractivity contribution in [3.05, 3.63) is 17.6 Å². The molecule has 152 valence electrons. The first kappa shape index (κ1) is 23.2. The van der Waals surface area contributed by atoms with E-state index in [-0.39, 0.29) is 6.03 Å². The van der Waals surface area contributed by atoms with Gasteiger partial charge >= 0.3 is 6.03 Å². The van der Waals surface area contributed by atoms with Crippen molar-refractivity contribution in [1.82, 2.24) is 15.7 Å². The number of hydrazine groups is 1. The van der Waals surface area contributed by atoms with Crippen LogP contribution in [0.15, 0.2) is 6.20 Å². The number of nitrogens with one attached hydrogen (secondary N) is 3. The van der Waals surface area contributed by atoms with Gasteiger partial charge in [0.05, 0.1) is 13.2 Å². The van der Waals surface area contributed by atoms with E-state index in [0.717, 1.165) is 13.0 Å². The number of hydrogen-bond donors (Lipinski definition) is 3. The van der Waals surface area contributed by atoms with Gasteiger partial charge in [-0.1, -0.05) is 64.7 Å². The predicted molar refractivity (Wildman–Crippen MR) is 111 cm³/mol. The summed E-state index contributed by atoms with van der Waals surface area (Å²) in [5, 5.41) is 3.64. The highest BCUT2D eigenvalue weighted by Gasteiger charge is 2.02. The first-order valence-corrected chi connectivity index (χ1v) is 10.8. The molecule has 0 radical (unpaired) electrons. The average molecular weight is 396 g/mol. The van der Waals surface area contributed by atoms with E-state index in [1.165, 1.54) is 75.3 Å². The fourth-order valence-electron chi connectivity index (χ4n) is 2.56. The van der Waals surface area contributed by atoms with Gasteiger partial charge in [-0.05, 0) is 6.42 Å². The quantitative estimate of drug-likeness (QED) is 0.203. The number of carbonyl (C=O) groups excluding carboxylic acids is 1. The van der Waals surface area contributed by atoms with Crippen molar-refractivity contribution in [2.45, 2.75) is 71.1 Å². The minimum Gasteiger partial charge on any atom is -0.380 e. The van der Waals surface area contributed by atoms with Crippen LogP contribution >= 0.6 is 11.3 Å². The molecule has 0 bridgehead atoms. The number of urea groups is 1. The minimum absolute atomic E-state index is 0.350. The fourth-order valence-corrected chi connectivity index (χ4v) is 3.12. The van der Waals surface area contributed by atoms with Crippen LogP contribution < -0.4 is 16.2 Å². The summed E-state index contributed by atoms with van der Waals surface area (Å²) in [6.45, 7) is 10.8. The van der Waals surface area contributed by atoms with Gasteiger partial charge in [0.15, 0.2) is 5.13 Å². The highest BCUT2D eigenvalue weighted by Crippen LogP contribution is 2.24. The zero-order valence-electron chi connectivity index (χ0n) is 16.4. The molecule has 0 fully saturated rings. The Hall–Kier alpha value is -1.85. The van der Waals surface area contributed by atoms with Crippen molar-refractivity contribution >= 4 is 27.5 Å². The van der Waals surface area contributed by atoms with Crippen LogP contribution in [0, 0.1) is 6.57 Å². The van der Waals surface area contributed by atoms with E-state index in [9.17, 15) is 4.79 Å². The number of ether oxygens (including phenoxy) is 1. The van der Waals surface area contributed by atoms with Crippen LogP contribution in [0.3, 0.4) is 0 Å². The van der Waals surface area contributed by atoms with Crippen LogP contribution in [0.5, 0.6) is 0 Å². The number of unbranched alkanes of at least 4 members (excludes halogenated alkanes) is 9. The SMILES string of the molecule is [C-]#[N+]c1cnc(NNC(=O)NCCOCCCCCCCCCCCC)s1. The maximum atomic E-state index is 11.6. The van der Waals surface area contributed by atoms with Crippen molar-refractivity contribution in [1.29, 1.82) is 0 Å². The number of amides is 2. The molecule has 0 aliphatic heterocycles. The zero-order valence-corrected chi connectivity index (χ0v) is 17.2. The number of carbonyl (C=O) groups is 1. The van der Waals surface area contributed by atoms with E-state index in [2.05, 4.69) is 32.9 Å². The van der Waals surface area contributed by atoms with E-state index in [1.807, 2.05) is 0 Å². The molecule has 27 heavy (non-hydrogen) atoms. The molecule has 0 aliphatic carbocycles. The molecule has 0 saturated heterocycles. The lowest BCUT2D eigenvalue weighted by molar-refractivity contribution is 0.132. The molecule has 1 heterocycles. The summed E-state index contributed by atoms with van der Waals surface area (Å²) in [7, 11) is 0. The summed E-state index contributed by atoms with van der Waals surface area (Å²) in [6.07, 6.45) is 14.6. The molecule has 1 rings (SSSR count). The number of rotatable bonds is 16. The summed E-state index contributed by atoms with van der Waals surface area (Å²) >= 11 is 1.18. The topological polar surface area (TPSA) is 79.6 Å². The predicted octanol–water partition coefficient (Wildman–Crippen LogP) is 5.26. The summed E-state index contributed by atoms with van der Waals surface area (Å²) in [5.74, 6) is 0. The van der Waals surface area contributed by atoms with Crippen LogP contribution in [0.25, 0.3) is 4.85 Å². The smallest absolute Gasteiger partial charge is 0.333 e. The summed E-state index contributed by atoms with van der Waals surface area (Å²) in [4.78, 5) is 18.8. The maximum absolute atomic E-state index is 11.6. The van der Waals surface area contributed by atoms with Crippen LogP contribution in [-0.4, -0.2) is 30.8 Å². The standard InChI is InChI=1S/C19H33N5O2S/c1-3-4-5-6-7-8-9-10-11-12-14-26-15-13-21-18(25)23-24-19-22-16-17(20-2)27-19/h16H,3-15H2,1H3,(H,22,24)(H2,21,23,25). The van der Waals surface area contributed by atoms with Crippen molar-refractivity contribution in [3.8, 4) is 0 Å². The Kier molecular flexibility index (Phi) is 14.0. The van der Waals surface area contributed by atoms with Gasteiger partial charge in [-0.25, -0.2) is 20.0 Å². The highest BCUT2D eigenvalue weighted by molar-refractivity contribution is 7.19. The van der Waals surface area contributed by atoms with Crippen molar-refractivity contribution in [2.24, 2.45) is 0 Å². The summed E-state index contributed by atoms with van der Waals surface area (Å²) < 4.78 is 5.53. The fraction of sp³-hybridized carbons (Fsp3) is 0.737. The summed E-state index contributed by atoms with van der Waals surface area (Å²) in [5.41, 5.74) is 5.13. The number of nitrogens with zero attached hydrogens (tertiary/aromatic N) is 2. The molecule has 0 saturated carbocycles. The number of hydrogen-bond acceptors (Lipinski definition) is 5. The molecule has 0 atom stereocenters. The third-order valence-corrected chi connectivity index (χ3v) is 4.87. The molecule has 0 aliphatic rings. The third kappa shape index (κ3) is 13.0. The van der Waals surface area contributed by atoms with Gasteiger partial charge in [-0.2, -0.15) is 0 Å². The van der Waals surface area contributed by atoms with Gasteiger partial charge in [0.2, 0.25) is 0 Å². The van der Waals surface area contributed by atoms with Gasteiger partial charge in [0, 0.05) is 19.3 Å². The van der Waals surface area contributed by atoms with Crippen LogP contribution in [0.1, 0.15) is 71.1 Å². The highest BCUT2D eigenvalue weighted by atomic mass is 32.1. The second kappa shape index (κ2) is 16.3. The average Bonchev–Trinajstić information content (AvgIpc) is 3.15. The Morgan fingerprint density at radius 3 is 2.41 bits per heavy atom. The summed E-state index contributed by atoms with van der Waals surface area (Å²) in [6, 6.07) is -0.350. The van der Waals surface area contributed by atoms with Crippen LogP contribution in [0.2, 0.25) is 0 Å². The number of aromatic nitrogens is 1. The van der Waals surface area contributed by atoms with Crippen LogP contribution in [-0.2, 0) is 4.74 Å². The minimum atomic E-state index is -0.350. The molecule has 0 unspecified atom stereocenters. The molecule has 3 N–H and O–H groups in total. The van der Waals surface area contributed by atoms with Gasteiger partial charge in [-0.15, -0.1) is 11.3 Å². The molecule has 2 amide bonds. The van der Waals surface area contributed by atoms with Crippen LogP contribution in [0.4, 0.5) is 14.9 Å². The molecule has 8 heteroatoms. The molecular weight excluding hydrogens is 362 g/mol. The normalized spacial score (nSPS) is 10.4. The van der Waals surface area contributed by atoms with Crippen molar-refractivity contribution in [2.75, 3.05) is 25.2 Å². The second-order valence-corrected chi connectivity index (χ2v) is 7.42. The lowest BCUT2D eigenvalue weighted by atomic mass is 10.1. The Bertz CT molecular complexity index is 544. The molecule has 7 nitrogen and oxygen atoms in total. The second-order valence-electron chi connectivity index (χ2n) is 6.42. The van der Waals surface area contributed by atoms with E-state index in [1.54, 1.807) is 0 Å². The van der Waals surface area contributed by atoms with Gasteiger partial charge in [0.1, 0.15) is 0 Å².